The Morgan fingerprint density at radius 2 is 2.00 bits per heavy atom. The fourth-order valence-corrected chi connectivity index (χ4v) is 6.62. The zero-order valence-electron chi connectivity index (χ0n) is 15.4. The number of rotatable bonds is 3. The highest BCUT2D eigenvalue weighted by Gasteiger charge is 2.54. The average Bonchev–Trinajstić information content (AvgIpc) is 2.47. The normalized spacial score (nSPS) is 48.1. The van der Waals surface area contributed by atoms with Gasteiger partial charge in [0, 0.05) is 0 Å². The van der Waals surface area contributed by atoms with Gasteiger partial charge in [0.05, 0.1) is 0 Å². The third-order valence-corrected chi connectivity index (χ3v) is 7.77. The molecule has 0 radical (unpaired) electrons. The van der Waals surface area contributed by atoms with Gasteiger partial charge in [0.15, 0.2) is 0 Å². The van der Waals surface area contributed by atoms with Crippen LogP contribution in [0.1, 0.15) is 85.5 Å². The summed E-state index contributed by atoms with van der Waals surface area (Å²) in [4.78, 5) is 0. The molecule has 0 aliphatic heterocycles. The minimum atomic E-state index is 0.346. The van der Waals surface area contributed by atoms with Crippen LogP contribution in [0.5, 0.6) is 0 Å². The van der Waals surface area contributed by atoms with E-state index in [9.17, 15) is 0 Å². The van der Waals surface area contributed by atoms with Gasteiger partial charge in [0.2, 0.25) is 0 Å². The Hall–Kier alpha value is -0.520. The van der Waals surface area contributed by atoms with E-state index < -0.39 is 0 Å². The van der Waals surface area contributed by atoms with Gasteiger partial charge in [0.25, 0.3) is 0 Å². The van der Waals surface area contributed by atoms with Crippen LogP contribution in [0.4, 0.5) is 0 Å². The molecule has 0 heterocycles. The average molecular weight is 301 g/mol. The van der Waals surface area contributed by atoms with Gasteiger partial charge in [-0.3, -0.25) is 0 Å². The molecule has 124 valence electrons. The Morgan fingerprint density at radius 1 is 1.23 bits per heavy atom. The molecule has 22 heavy (non-hydrogen) atoms. The highest BCUT2D eigenvalue weighted by atomic mass is 14.6. The minimum absolute atomic E-state index is 0.346. The Balaban J connectivity index is 1.94. The third kappa shape index (κ3) is 2.42. The fourth-order valence-electron chi connectivity index (χ4n) is 6.62. The summed E-state index contributed by atoms with van der Waals surface area (Å²) in [7, 11) is 0. The first-order chi connectivity index (χ1) is 10.4. The molecular weight excluding hydrogens is 264 g/mol. The van der Waals surface area contributed by atoms with Gasteiger partial charge < -0.3 is 0 Å². The lowest BCUT2D eigenvalue weighted by Crippen LogP contribution is -2.50. The standard InChI is InChI=1S/C22H36/c1-6-12-21(4)13-8-14-22(5)18-11-15-20(3,7-2)16-17(18)9-10-19(21)22/h7,11,17,19H,2,6,8-10,12-16H2,1,3-5H3/t17?,19?,20-,21+,22-/m0/s1. The van der Waals surface area contributed by atoms with Crippen molar-refractivity contribution in [2.24, 2.45) is 28.1 Å². The predicted molar refractivity (Wildman–Crippen MR) is 96.8 cm³/mol. The van der Waals surface area contributed by atoms with Crippen molar-refractivity contribution in [2.75, 3.05) is 0 Å². The van der Waals surface area contributed by atoms with Gasteiger partial charge in [-0.05, 0) is 73.0 Å². The van der Waals surface area contributed by atoms with Crippen molar-refractivity contribution < 1.29 is 0 Å². The minimum Gasteiger partial charge on any atom is -0.103 e. The summed E-state index contributed by atoms with van der Waals surface area (Å²) in [6.45, 7) is 14.1. The molecule has 2 fully saturated rings. The molecule has 0 bridgehead atoms. The third-order valence-electron chi connectivity index (χ3n) is 7.77. The second-order valence-electron chi connectivity index (χ2n) is 9.43. The molecule has 3 aliphatic rings. The van der Waals surface area contributed by atoms with Crippen molar-refractivity contribution in [1.82, 2.24) is 0 Å². The van der Waals surface area contributed by atoms with Crippen LogP contribution in [-0.4, -0.2) is 0 Å². The molecular formula is C22H36. The summed E-state index contributed by atoms with van der Waals surface area (Å²) < 4.78 is 0. The van der Waals surface area contributed by atoms with Crippen LogP contribution < -0.4 is 0 Å². The molecule has 3 aliphatic carbocycles. The first-order valence-electron chi connectivity index (χ1n) is 9.71. The lowest BCUT2D eigenvalue weighted by molar-refractivity contribution is -0.0315. The van der Waals surface area contributed by atoms with Crippen LogP contribution in [0.2, 0.25) is 0 Å². The van der Waals surface area contributed by atoms with Gasteiger partial charge in [-0.1, -0.05) is 58.3 Å². The van der Waals surface area contributed by atoms with Gasteiger partial charge in [-0.25, -0.2) is 0 Å². The molecule has 0 heteroatoms. The smallest absolute Gasteiger partial charge is 0.00802 e. The van der Waals surface area contributed by atoms with Crippen molar-refractivity contribution in [1.29, 1.82) is 0 Å². The highest BCUT2D eigenvalue weighted by Crippen LogP contribution is 2.64. The SMILES string of the molecule is C=C[C@@]1(C)CC=C2C(CCC3[C@](C)(CCC)CCC[C@@]23C)C1. The Bertz CT molecular complexity index is 468. The van der Waals surface area contributed by atoms with Gasteiger partial charge >= 0.3 is 0 Å². The second-order valence-corrected chi connectivity index (χ2v) is 9.43. The number of hydrogen-bond donors (Lipinski definition) is 0. The molecule has 0 spiro atoms. The topological polar surface area (TPSA) is 0 Å². The maximum absolute atomic E-state index is 4.11. The highest BCUT2D eigenvalue weighted by molar-refractivity contribution is 5.28. The monoisotopic (exact) mass is 300 g/mol. The first kappa shape index (κ1) is 16.3. The lowest BCUT2D eigenvalue weighted by Gasteiger charge is -2.59. The predicted octanol–water partition coefficient (Wildman–Crippen LogP) is 6.92. The molecule has 0 aromatic rings. The van der Waals surface area contributed by atoms with Crippen molar-refractivity contribution >= 4 is 0 Å². The van der Waals surface area contributed by atoms with E-state index in [2.05, 4.69) is 46.4 Å². The Labute approximate surface area is 138 Å². The number of allylic oxidation sites excluding steroid dienone is 3. The number of fused-ring (bicyclic) bond motifs is 3. The van der Waals surface area contributed by atoms with E-state index in [0.717, 1.165) is 11.8 Å². The van der Waals surface area contributed by atoms with E-state index in [1.165, 1.54) is 57.8 Å². The molecule has 0 saturated heterocycles. The zero-order chi connectivity index (χ0) is 16.0. The van der Waals surface area contributed by atoms with Crippen LogP contribution in [0.15, 0.2) is 24.3 Å². The second kappa shape index (κ2) is 5.53. The van der Waals surface area contributed by atoms with Gasteiger partial charge in [-0.15, -0.1) is 6.58 Å². The van der Waals surface area contributed by atoms with E-state index in [-0.39, 0.29) is 0 Å². The quantitative estimate of drug-likeness (QED) is 0.496. The zero-order valence-corrected chi connectivity index (χ0v) is 15.4. The summed E-state index contributed by atoms with van der Waals surface area (Å²) in [5.74, 6) is 1.76. The first-order valence-corrected chi connectivity index (χ1v) is 9.71. The molecule has 2 unspecified atom stereocenters. The van der Waals surface area contributed by atoms with Crippen molar-refractivity contribution in [3.05, 3.63) is 24.3 Å². The van der Waals surface area contributed by atoms with Crippen LogP contribution in [0, 0.1) is 28.1 Å². The van der Waals surface area contributed by atoms with Crippen molar-refractivity contribution in [2.45, 2.75) is 85.5 Å². The molecule has 0 aromatic heterocycles. The van der Waals surface area contributed by atoms with Crippen molar-refractivity contribution in [3.8, 4) is 0 Å². The Kier molecular flexibility index (Phi) is 4.11. The summed E-state index contributed by atoms with van der Waals surface area (Å²) in [5.41, 5.74) is 3.28. The molecule has 5 atom stereocenters. The van der Waals surface area contributed by atoms with Gasteiger partial charge in [0.1, 0.15) is 0 Å². The summed E-state index contributed by atoms with van der Waals surface area (Å²) >= 11 is 0. The summed E-state index contributed by atoms with van der Waals surface area (Å²) in [6, 6.07) is 0. The molecule has 3 rings (SSSR count). The summed E-state index contributed by atoms with van der Waals surface area (Å²) in [5, 5.41) is 0. The van der Waals surface area contributed by atoms with Gasteiger partial charge in [-0.2, -0.15) is 0 Å². The van der Waals surface area contributed by atoms with E-state index in [1.54, 1.807) is 0 Å². The van der Waals surface area contributed by atoms with Crippen LogP contribution in [0.25, 0.3) is 0 Å². The molecule has 0 nitrogen and oxygen atoms in total. The van der Waals surface area contributed by atoms with Crippen LogP contribution >= 0.6 is 0 Å². The van der Waals surface area contributed by atoms with Crippen molar-refractivity contribution in [3.63, 3.8) is 0 Å². The molecule has 0 N–H and O–H groups in total. The molecule has 0 amide bonds. The molecule has 2 saturated carbocycles. The summed E-state index contributed by atoms with van der Waals surface area (Å²) in [6.07, 6.45) is 17.4. The fraction of sp³-hybridized carbons (Fsp3) is 0.818. The number of hydrogen-bond acceptors (Lipinski definition) is 0. The van der Waals surface area contributed by atoms with E-state index in [0.29, 0.717) is 16.2 Å². The van der Waals surface area contributed by atoms with E-state index in [1.807, 2.05) is 5.57 Å². The van der Waals surface area contributed by atoms with Crippen LogP contribution in [0.3, 0.4) is 0 Å². The maximum atomic E-state index is 4.11. The van der Waals surface area contributed by atoms with Crippen LogP contribution in [-0.2, 0) is 0 Å². The maximum Gasteiger partial charge on any atom is -0.00802 e. The van der Waals surface area contributed by atoms with E-state index in [4.69, 9.17) is 0 Å². The Morgan fingerprint density at radius 3 is 2.68 bits per heavy atom. The lowest BCUT2D eigenvalue weighted by atomic mass is 9.45. The largest absolute Gasteiger partial charge is 0.103 e. The molecule has 0 aromatic carbocycles. The van der Waals surface area contributed by atoms with E-state index >= 15 is 0 Å².